The third-order valence-corrected chi connectivity index (χ3v) is 3.68. The highest BCUT2D eigenvalue weighted by molar-refractivity contribution is 5.77. The van der Waals surface area contributed by atoms with Gasteiger partial charge in [0.25, 0.3) is 0 Å². The van der Waals surface area contributed by atoms with E-state index < -0.39 is 6.04 Å². The van der Waals surface area contributed by atoms with Crippen molar-refractivity contribution >= 4 is 18.4 Å². The van der Waals surface area contributed by atoms with E-state index in [2.05, 4.69) is 20.8 Å². The van der Waals surface area contributed by atoms with Gasteiger partial charge in [0.2, 0.25) is 12.3 Å². The fourth-order valence-corrected chi connectivity index (χ4v) is 2.46. The molecule has 1 aliphatic rings. The quantitative estimate of drug-likeness (QED) is 0.598. The topological polar surface area (TPSA) is 123 Å². The van der Waals surface area contributed by atoms with Gasteiger partial charge in [0.05, 0.1) is 19.2 Å². The summed E-state index contributed by atoms with van der Waals surface area (Å²) in [5.74, 6) is -0.0917. The van der Waals surface area contributed by atoms with Crippen molar-refractivity contribution in [3.05, 3.63) is 6.33 Å². The number of tetrazole rings is 1. The predicted octanol–water partition coefficient (Wildman–Crippen LogP) is -1.52. The van der Waals surface area contributed by atoms with Gasteiger partial charge in [-0.1, -0.05) is 0 Å². The number of hydrogen-bond acceptors (Lipinski definition) is 7. The minimum atomic E-state index is -0.401. The maximum atomic E-state index is 12.4. The summed E-state index contributed by atoms with van der Waals surface area (Å²) in [4.78, 5) is 38.0. The molecule has 1 unspecified atom stereocenters. The molecule has 0 aliphatic carbocycles. The van der Waals surface area contributed by atoms with Crippen LogP contribution in [0.2, 0.25) is 0 Å². The van der Waals surface area contributed by atoms with Crippen LogP contribution in [0.1, 0.15) is 13.3 Å². The summed E-state index contributed by atoms with van der Waals surface area (Å²) >= 11 is 0. The van der Waals surface area contributed by atoms with Crippen molar-refractivity contribution in [1.82, 2.24) is 35.3 Å². The molecule has 1 aromatic rings. The Kier molecular flexibility index (Phi) is 6.46. The number of rotatable bonds is 7. The lowest BCUT2D eigenvalue weighted by Crippen LogP contribution is -2.51. The number of amides is 3. The van der Waals surface area contributed by atoms with Crippen LogP contribution in [0.25, 0.3) is 0 Å². The molecule has 1 saturated heterocycles. The lowest BCUT2D eigenvalue weighted by atomic mass is 10.1. The fraction of sp³-hybridized carbons (Fsp3) is 0.692. The number of carbonyl (C=O) groups excluding carboxylic acids is 3. The number of hydrogen-bond donors (Lipinski definition) is 1. The zero-order chi connectivity index (χ0) is 17.4. The Morgan fingerprint density at radius 1 is 1.29 bits per heavy atom. The summed E-state index contributed by atoms with van der Waals surface area (Å²) in [7, 11) is 0. The summed E-state index contributed by atoms with van der Waals surface area (Å²) in [5, 5.41) is 13.4. The van der Waals surface area contributed by atoms with Crippen molar-refractivity contribution in [1.29, 1.82) is 0 Å². The number of ether oxygens (including phenoxy) is 1. The van der Waals surface area contributed by atoms with E-state index in [9.17, 15) is 14.4 Å². The second-order valence-electron chi connectivity index (χ2n) is 5.28. The number of nitrogens with zero attached hydrogens (tertiary/aromatic N) is 6. The fourth-order valence-electron chi connectivity index (χ4n) is 2.46. The van der Waals surface area contributed by atoms with Crippen molar-refractivity contribution in [2.75, 3.05) is 32.8 Å². The van der Waals surface area contributed by atoms with Gasteiger partial charge < -0.3 is 19.9 Å². The first-order chi connectivity index (χ1) is 11.6. The first kappa shape index (κ1) is 17.6. The molecule has 0 radical (unpaired) electrons. The summed E-state index contributed by atoms with van der Waals surface area (Å²) in [6, 6.07) is -0.401. The molecule has 0 aromatic carbocycles. The Bertz CT molecular complexity index is 543. The van der Waals surface area contributed by atoms with Crippen LogP contribution < -0.4 is 5.32 Å². The molecule has 2 rings (SSSR count). The maximum absolute atomic E-state index is 12.4. The molecule has 1 fully saturated rings. The van der Waals surface area contributed by atoms with Crippen LogP contribution in [0, 0.1) is 0 Å². The van der Waals surface area contributed by atoms with Gasteiger partial charge in [-0.15, -0.1) is 5.10 Å². The van der Waals surface area contributed by atoms with Gasteiger partial charge in [-0.2, -0.15) is 0 Å². The highest BCUT2D eigenvalue weighted by atomic mass is 16.6. The lowest BCUT2D eigenvalue weighted by molar-refractivity contribution is -0.133. The molecule has 1 aliphatic heterocycles. The largest absolute Gasteiger partial charge is 0.450 e. The van der Waals surface area contributed by atoms with Crippen molar-refractivity contribution in [3.63, 3.8) is 0 Å². The summed E-state index contributed by atoms with van der Waals surface area (Å²) in [6.07, 6.45) is 1.75. The monoisotopic (exact) mass is 339 g/mol. The smallest absolute Gasteiger partial charge is 0.409 e. The molecule has 11 nitrogen and oxygen atoms in total. The maximum Gasteiger partial charge on any atom is 0.409 e. The minimum absolute atomic E-state index is 0.0917. The van der Waals surface area contributed by atoms with Crippen LogP contribution in [0.5, 0.6) is 0 Å². The molecule has 11 heteroatoms. The van der Waals surface area contributed by atoms with Crippen LogP contribution >= 0.6 is 0 Å². The molecule has 1 aromatic heterocycles. The third-order valence-electron chi connectivity index (χ3n) is 3.68. The van der Waals surface area contributed by atoms with Crippen LogP contribution in [-0.2, 0) is 20.9 Å². The van der Waals surface area contributed by atoms with Gasteiger partial charge in [0, 0.05) is 32.6 Å². The van der Waals surface area contributed by atoms with E-state index in [4.69, 9.17) is 4.74 Å². The Labute approximate surface area is 138 Å². The Balaban J connectivity index is 1.82. The van der Waals surface area contributed by atoms with E-state index in [0.717, 1.165) is 0 Å². The summed E-state index contributed by atoms with van der Waals surface area (Å²) in [5.41, 5.74) is 0. The van der Waals surface area contributed by atoms with E-state index in [1.807, 2.05) is 0 Å². The first-order valence-electron chi connectivity index (χ1n) is 7.74. The second kappa shape index (κ2) is 8.79. The molecule has 0 spiro atoms. The standard InChI is InChI=1S/C13H21N7O4/c1-2-24-13(23)19-5-3-18(4-6-19)12(22)7-11(14-10-21)8-20-9-15-16-17-20/h9-11H,2-8H2,1H3,(H,14,21). The van der Waals surface area contributed by atoms with Gasteiger partial charge in [0.15, 0.2) is 0 Å². The van der Waals surface area contributed by atoms with Gasteiger partial charge in [-0.25, -0.2) is 9.48 Å². The van der Waals surface area contributed by atoms with Crippen LogP contribution in [0.3, 0.4) is 0 Å². The van der Waals surface area contributed by atoms with E-state index in [0.29, 0.717) is 45.7 Å². The lowest BCUT2D eigenvalue weighted by Gasteiger charge is -2.34. The summed E-state index contributed by atoms with van der Waals surface area (Å²) in [6.45, 7) is 4.14. The molecule has 0 saturated carbocycles. The number of nitrogens with one attached hydrogen (secondary N) is 1. The molecule has 132 valence electrons. The zero-order valence-electron chi connectivity index (χ0n) is 13.5. The van der Waals surface area contributed by atoms with Crippen LogP contribution in [0.4, 0.5) is 4.79 Å². The van der Waals surface area contributed by atoms with Gasteiger partial charge in [-0.3, -0.25) is 9.59 Å². The molecule has 3 amide bonds. The predicted molar refractivity (Wildman–Crippen MR) is 80.6 cm³/mol. The molecule has 1 atom stereocenters. The van der Waals surface area contributed by atoms with Crippen LogP contribution in [-0.4, -0.2) is 87.2 Å². The average Bonchev–Trinajstić information content (AvgIpc) is 3.08. The Hall–Kier alpha value is -2.72. The Morgan fingerprint density at radius 3 is 2.58 bits per heavy atom. The second-order valence-corrected chi connectivity index (χ2v) is 5.28. The Morgan fingerprint density at radius 2 is 2.00 bits per heavy atom. The highest BCUT2D eigenvalue weighted by Crippen LogP contribution is 2.07. The number of carbonyl (C=O) groups is 3. The van der Waals surface area contributed by atoms with Crippen molar-refractivity contribution in [2.24, 2.45) is 0 Å². The first-order valence-corrected chi connectivity index (χ1v) is 7.74. The highest BCUT2D eigenvalue weighted by Gasteiger charge is 2.26. The van der Waals surface area contributed by atoms with Crippen molar-refractivity contribution in [3.8, 4) is 0 Å². The molecule has 2 heterocycles. The van der Waals surface area contributed by atoms with Crippen LogP contribution in [0.15, 0.2) is 6.33 Å². The SMILES string of the molecule is CCOC(=O)N1CCN(C(=O)CC(Cn2cnnn2)NC=O)CC1. The molecule has 0 bridgehead atoms. The van der Waals surface area contributed by atoms with E-state index in [1.165, 1.54) is 11.0 Å². The van der Waals surface area contributed by atoms with E-state index in [1.54, 1.807) is 16.7 Å². The van der Waals surface area contributed by atoms with E-state index >= 15 is 0 Å². The average molecular weight is 339 g/mol. The summed E-state index contributed by atoms with van der Waals surface area (Å²) < 4.78 is 6.40. The minimum Gasteiger partial charge on any atom is -0.450 e. The van der Waals surface area contributed by atoms with Crippen molar-refractivity contribution < 1.29 is 19.1 Å². The third kappa shape index (κ3) is 4.89. The molecule has 24 heavy (non-hydrogen) atoms. The van der Waals surface area contributed by atoms with Crippen molar-refractivity contribution in [2.45, 2.75) is 25.9 Å². The normalized spacial score (nSPS) is 15.7. The van der Waals surface area contributed by atoms with Gasteiger partial charge >= 0.3 is 6.09 Å². The molecular weight excluding hydrogens is 318 g/mol. The van der Waals surface area contributed by atoms with E-state index in [-0.39, 0.29) is 18.4 Å². The molecular formula is C13H21N7O4. The van der Waals surface area contributed by atoms with Gasteiger partial charge in [0.1, 0.15) is 6.33 Å². The number of piperazine rings is 1. The zero-order valence-corrected chi connectivity index (χ0v) is 13.5. The number of aromatic nitrogens is 4. The molecule has 1 N–H and O–H groups in total. The van der Waals surface area contributed by atoms with Gasteiger partial charge in [-0.05, 0) is 17.4 Å².